The number of piperidine rings is 1. The number of likely N-dealkylation sites (tertiary alicyclic amines) is 1. The van der Waals surface area contributed by atoms with Crippen molar-refractivity contribution in [3.05, 3.63) is 0 Å². The quantitative estimate of drug-likeness (QED) is 0.750. The molecule has 0 bridgehead atoms. The predicted octanol–water partition coefficient (Wildman–Crippen LogP) is 1.49. The molecular weight excluding hydrogens is 188 g/mol. The number of nitrogens with zero attached hydrogens (tertiary/aromatic N) is 1. The minimum absolute atomic E-state index is 0.0755. The molecule has 3 heteroatoms. The second-order valence-corrected chi connectivity index (χ2v) is 4.97. The molecule has 0 aromatic rings. The van der Waals surface area contributed by atoms with Crippen LogP contribution in [-0.4, -0.2) is 50.3 Å². The summed E-state index contributed by atoms with van der Waals surface area (Å²) in [6.07, 6.45) is 3.67. The standard InChI is InChI=1S/C12H26N2O/c1-11(6-8-13-3)14-9-5-7-12(2,10-14)15-4/h11,13H,5-10H2,1-4H3. The van der Waals surface area contributed by atoms with Gasteiger partial charge < -0.3 is 10.1 Å². The van der Waals surface area contributed by atoms with Crippen molar-refractivity contribution in [3.8, 4) is 0 Å². The summed E-state index contributed by atoms with van der Waals surface area (Å²) in [6.45, 7) is 7.95. The van der Waals surface area contributed by atoms with Crippen LogP contribution in [0.2, 0.25) is 0 Å². The summed E-state index contributed by atoms with van der Waals surface area (Å²) in [6, 6.07) is 0.659. The van der Waals surface area contributed by atoms with Crippen molar-refractivity contribution in [1.29, 1.82) is 0 Å². The Hall–Kier alpha value is -0.120. The van der Waals surface area contributed by atoms with Crippen LogP contribution >= 0.6 is 0 Å². The molecule has 3 nitrogen and oxygen atoms in total. The molecule has 0 saturated carbocycles. The Labute approximate surface area is 94.2 Å². The van der Waals surface area contributed by atoms with Gasteiger partial charge in [0.05, 0.1) is 5.60 Å². The SMILES string of the molecule is CNCCC(C)N1CCCC(C)(OC)C1. The third-order valence-corrected chi connectivity index (χ3v) is 3.62. The average Bonchev–Trinajstić information content (AvgIpc) is 2.26. The summed E-state index contributed by atoms with van der Waals surface area (Å²) in [5.74, 6) is 0. The summed E-state index contributed by atoms with van der Waals surface area (Å²) in [4.78, 5) is 2.56. The normalized spacial score (nSPS) is 30.4. The smallest absolute Gasteiger partial charge is 0.0777 e. The summed E-state index contributed by atoms with van der Waals surface area (Å²) in [5, 5.41) is 3.21. The predicted molar refractivity (Wildman–Crippen MR) is 64.2 cm³/mol. The van der Waals surface area contributed by atoms with Crippen molar-refractivity contribution in [2.75, 3.05) is 33.8 Å². The number of methoxy groups -OCH3 is 1. The number of nitrogens with one attached hydrogen (secondary N) is 1. The molecule has 1 heterocycles. The monoisotopic (exact) mass is 214 g/mol. The van der Waals surface area contributed by atoms with Crippen LogP contribution in [0.3, 0.4) is 0 Å². The van der Waals surface area contributed by atoms with Gasteiger partial charge in [0, 0.05) is 19.7 Å². The zero-order valence-electron chi connectivity index (χ0n) is 10.7. The third-order valence-electron chi connectivity index (χ3n) is 3.62. The van der Waals surface area contributed by atoms with Crippen LogP contribution in [0.1, 0.15) is 33.1 Å². The largest absolute Gasteiger partial charge is 0.377 e. The van der Waals surface area contributed by atoms with Crippen LogP contribution in [0.25, 0.3) is 0 Å². The Morgan fingerprint density at radius 2 is 2.27 bits per heavy atom. The fraction of sp³-hybridized carbons (Fsp3) is 1.00. The molecule has 2 atom stereocenters. The highest BCUT2D eigenvalue weighted by Crippen LogP contribution is 2.25. The molecule has 0 radical (unpaired) electrons. The molecule has 1 aliphatic heterocycles. The van der Waals surface area contributed by atoms with E-state index in [-0.39, 0.29) is 5.60 Å². The van der Waals surface area contributed by atoms with E-state index < -0.39 is 0 Å². The van der Waals surface area contributed by atoms with E-state index in [4.69, 9.17) is 4.74 Å². The van der Waals surface area contributed by atoms with Gasteiger partial charge in [-0.1, -0.05) is 0 Å². The molecule has 0 aromatic carbocycles. The van der Waals surface area contributed by atoms with Gasteiger partial charge in [0.25, 0.3) is 0 Å². The Bertz CT molecular complexity index is 186. The fourth-order valence-electron chi connectivity index (χ4n) is 2.32. The van der Waals surface area contributed by atoms with Crippen LogP contribution < -0.4 is 5.32 Å². The maximum Gasteiger partial charge on any atom is 0.0777 e. The van der Waals surface area contributed by atoms with Crippen LogP contribution in [0, 0.1) is 0 Å². The molecule has 1 fully saturated rings. The molecular formula is C12H26N2O. The van der Waals surface area contributed by atoms with Crippen LogP contribution in [0.15, 0.2) is 0 Å². The van der Waals surface area contributed by atoms with E-state index in [1.165, 1.54) is 25.8 Å². The molecule has 2 unspecified atom stereocenters. The zero-order valence-corrected chi connectivity index (χ0v) is 10.7. The van der Waals surface area contributed by atoms with Crippen LogP contribution in [0.4, 0.5) is 0 Å². The van der Waals surface area contributed by atoms with E-state index in [1.54, 1.807) is 0 Å². The Morgan fingerprint density at radius 1 is 1.53 bits per heavy atom. The van der Waals surface area contributed by atoms with Crippen molar-refractivity contribution in [2.24, 2.45) is 0 Å². The lowest BCUT2D eigenvalue weighted by atomic mass is 9.93. The van der Waals surface area contributed by atoms with Crippen LogP contribution in [0.5, 0.6) is 0 Å². The molecule has 1 saturated heterocycles. The third kappa shape index (κ3) is 3.74. The lowest BCUT2D eigenvalue weighted by Gasteiger charge is -2.42. The van der Waals surface area contributed by atoms with Crippen LogP contribution in [-0.2, 0) is 4.74 Å². The molecule has 0 amide bonds. The topological polar surface area (TPSA) is 24.5 Å². The van der Waals surface area contributed by atoms with Crippen molar-refractivity contribution < 1.29 is 4.74 Å². The van der Waals surface area contributed by atoms with Crippen molar-refractivity contribution in [3.63, 3.8) is 0 Å². The summed E-state index contributed by atoms with van der Waals surface area (Å²) >= 11 is 0. The maximum atomic E-state index is 5.61. The summed E-state index contributed by atoms with van der Waals surface area (Å²) < 4.78 is 5.61. The van der Waals surface area contributed by atoms with Gasteiger partial charge in [-0.25, -0.2) is 0 Å². The maximum absolute atomic E-state index is 5.61. The molecule has 0 aliphatic carbocycles. The lowest BCUT2D eigenvalue weighted by molar-refractivity contribution is -0.0600. The zero-order chi connectivity index (χ0) is 11.3. The minimum atomic E-state index is 0.0755. The van der Waals surface area contributed by atoms with Gasteiger partial charge in [0.1, 0.15) is 0 Å². The Balaban J connectivity index is 2.41. The average molecular weight is 214 g/mol. The first-order valence-electron chi connectivity index (χ1n) is 6.05. The van der Waals surface area contributed by atoms with Gasteiger partial charge in [-0.2, -0.15) is 0 Å². The number of ether oxygens (including phenoxy) is 1. The highest BCUT2D eigenvalue weighted by atomic mass is 16.5. The highest BCUT2D eigenvalue weighted by molar-refractivity contribution is 4.86. The fourth-order valence-corrected chi connectivity index (χ4v) is 2.32. The second-order valence-electron chi connectivity index (χ2n) is 4.97. The number of hydrogen-bond donors (Lipinski definition) is 1. The molecule has 0 spiro atoms. The van der Waals surface area contributed by atoms with Crippen molar-refractivity contribution in [1.82, 2.24) is 10.2 Å². The van der Waals surface area contributed by atoms with Gasteiger partial charge in [0.2, 0.25) is 0 Å². The summed E-state index contributed by atoms with van der Waals surface area (Å²) in [5.41, 5.74) is 0.0755. The number of hydrogen-bond acceptors (Lipinski definition) is 3. The van der Waals surface area contributed by atoms with Gasteiger partial charge in [0.15, 0.2) is 0 Å². The van der Waals surface area contributed by atoms with Gasteiger partial charge in [-0.15, -0.1) is 0 Å². The molecule has 1 rings (SSSR count). The van der Waals surface area contributed by atoms with E-state index in [9.17, 15) is 0 Å². The van der Waals surface area contributed by atoms with E-state index >= 15 is 0 Å². The lowest BCUT2D eigenvalue weighted by Crippen LogP contribution is -2.50. The first kappa shape index (κ1) is 12.9. The van der Waals surface area contributed by atoms with E-state index in [0.29, 0.717) is 6.04 Å². The van der Waals surface area contributed by atoms with Crippen molar-refractivity contribution >= 4 is 0 Å². The highest BCUT2D eigenvalue weighted by Gasteiger charge is 2.32. The molecule has 90 valence electrons. The molecule has 15 heavy (non-hydrogen) atoms. The van der Waals surface area contributed by atoms with Gasteiger partial charge >= 0.3 is 0 Å². The van der Waals surface area contributed by atoms with Gasteiger partial charge in [-0.05, 0) is 53.2 Å². The first-order valence-corrected chi connectivity index (χ1v) is 6.05. The molecule has 1 aliphatic rings. The Morgan fingerprint density at radius 3 is 2.87 bits per heavy atom. The second kappa shape index (κ2) is 5.83. The molecule has 1 N–H and O–H groups in total. The number of rotatable bonds is 5. The van der Waals surface area contributed by atoms with E-state index in [0.717, 1.165) is 13.1 Å². The van der Waals surface area contributed by atoms with E-state index in [1.807, 2.05) is 14.2 Å². The summed E-state index contributed by atoms with van der Waals surface area (Å²) in [7, 11) is 3.85. The minimum Gasteiger partial charge on any atom is -0.377 e. The molecule has 0 aromatic heterocycles. The van der Waals surface area contributed by atoms with Gasteiger partial charge in [-0.3, -0.25) is 4.90 Å². The first-order chi connectivity index (χ1) is 7.11. The van der Waals surface area contributed by atoms with Crippen molar-refractivity contribution in [2.45, 2.75) is 44.8 Å². The van der Waals surface area contributed by atoms with E-state index in [2.05, 4.69) is 24.1 Å². The Kier molecular flexibility index (Phi) is 5.03.